The molecule has 1 aromatic carbocycles. The second-order valence-corrected chi connectivity index (χ2v) is 8.74. The molecule has 156 valence electrons. The van der Waals surface area contributed by atoms with Crippen LogP contribution in [0.5, 0.6) is 0 Å². The molecule has 0 radical (unpaired) electrons. The second kappa shape index (κ2) is 8.19. The van der Waals surface area contributed by atoms with E-state index in [9.17, 15) is 4.79 Å². The van der Waals surface area contributed by atoms with Crippen LogP contribution in [0.4, 0.5) is 5.82 Å². The number of piperazine rings is 1. The van der Waals surface area contributed by atoms with E-state index in [1.54, 1.807) is 12.4 Å². The molecule has 0 aliphatic carbocycles. The molecule has 2 unspecified atom stereocenters. The number of benzene rings is 1. The lowest BCUT2D eigenvalue weighted by atomic mass is 9.98. The first-order valence-corrected chi connectivity index (χ1v) is 11.0. The zero-order chi connectivity index (χ0) is 20.5. The van der Waals surface area contributed by atoms with Gasteiger partial charge in [-0.2, -0.15) is 0 Å². The third-order valence-corrected chi connectivity index (χ3v) is 6.69. The van der Waals surface area contributed by atoms with E-state index in [1.807, 2.05) is 6.20 Å². The maximum Gasteiger partial charge on any atom is 0.236 e. The van der Waals surface area contributed by atoms with Crippen LogP contribution in [-0.2, 0) is 4.79 Å². The summed E-state index contributed by atoms with van der Waals surface area (Å²) in [6.45, 7) is 6.03. The molecule has 4 heterocycles. The van der Waals surface area contributed by atoms with Gasteiger partial charge in [-0.3, -0.25) is 14.7 Å². The van der Waals surface area contributed by atoms with Gasteiger partial charge in [-0.15, -0.1) is 0 Å². The summed E-state index contributed by atoms with van der Waals surface area (Å²) in [5.74, 6) is 1.21. The summed E-state index contributed by atoms with van der Waals surface area (Å²) in [6.07, 6.45) is 10.8. The number of anilines is 1. The number of aromatic nitrogens is 2. The third kappa shape index (κ3) is 3.84. The molecule has 2 fully saturated rings. The predicted octanol–water partition coefficient (Wildman–Crippen LogP) is 2.75. The van der Waals surface area contributed by atoms with Gasteiger partial charge in [0.25, 0.3) is 0 Å². The van der Waals surface area contributed by atoms with Crippen molar-refractivity contribution in [2.24, 2.45) is 0 Å². The number of aryl methyl sites for hydroxylation is 1. The Bertz CT molecular complexity index is 930. The number of hydrogen-bond acceptors (Lipinski definition) is 5. The van der Waals surface area contributed by atoms with Gasteiger partial charge in [-0.1, -0.05) is 35.9 Å². The van der Waals surface area contributed by atoms with Crippen LogP contribution in [0.15, 0.2) is 48.9 Å². The van der Waals surface area contributed by atoms with Crippen LogP contribution in [0, 0.1) is 6.92 Å². The van der Waals surface area contributed by atoms with Crippen molar-refractivity contribution in [1.82, 2.24) is 19.8 Å². The fourth-order valence-electron chi connectivity index (χ4n) is 5.16. The van der Waals surface area contributed by atoms with Crippen molar-refractivity contribution in [3.05, 3.63) is 60.1 Å². The molecule has 1 amide bonds. The summed E-state index contributed by atoms with van der Waals surface area (Å²) in [6, 6.07) is 9.41. The molecule has 3 aliphatic rings. The summed E-state index contributed by atoms with van der Waals surface area (Å²) in [7, 11) is 0. The fourth-order valence-corrected chi connectivity index (χ4v) is 5.16. The van der Waals surface area contributed by atoms with E-state index in [2.05, 4.69) is 61.9 Å². The predicted molar refractivity (Wildman–Crippen MR) is 118 cm³/mol. The topological polar surface area (TPSA) is 52.6 Å². The van der Waals surface area contributed by atoms with Crippen molar-refractivity contribution in [3.63, 3.8) is 0 Å². The molecule has 5 rings (SSSR count). The Hall–Kier alpha value is -2.73. The van der Waals surface area contributed by atoms with Crippen molar-refractivity contribution in [2.45, 2.75) is 38.3 Å². The van der Waals surface area contributed by atoms with Crippen LogP contribution in [0.25, 0.3) is 5.57 Å². The Morgan fingerprint density at radius 3 is 2.67 bits per heavy atom. The van der Waals surface area contributed by atoms with Gasteiger partial charge in [-0.05, 0) is 37.3 Å². The first-order chi connectivity index (χ1) is 14.7. The summed E-state index contributed by atoms with van der Waals surface area (Å²) >= 11 is 0. The second-order valence-electron chi connectivity index (χ2n) is 8.74. The lowest BCUT2D eigenvalue weighted by molar-refractivity contribution is -0.133. The molecule has 30 heavy (non-hydrogen) atoms. The number of carbonyl (C=O) groups excluding carboxylic acids is 1. The Morgan fingerprint density at radius 1 is 1.17 bits per heavy atom. The van der Waals surface area contributed by atoms with Crippen molar-refractivity contribution < 1.29 is 4.79 Å². The van der Waals surface area contributed by atoms with E-state index in [1.165, 1.54) is 16.7 Å². The van der Waals surface area contributed by atoms with E-state index in [0.717, 1.165) is 51.3 Å². The minimum absolute atomic E-state index is 0.262. The Labute approximate surface area is 178 Å². The number of likely N-dealkylation sites (tertiary alicyclic amines) is 1. The molecule has 2 aromatic rings. The minimum Gasteiger partial charge on any atom is -0.346 e. The average Bonchev–Trinajstić information content (AvgIpc) is 3.04. The number of fused-ring (bicyclic) bond motifs is 2. The molecule has 0 saturated carbocycles. The van der Waals surface area contributed by atoms with E-state index in [-0.39, 0.29) is 5.91 Å². The Kier molecular flexibility index (Phi) is 5.25. The van der Waals surface area contributed by atoms with Crippen LogP contribution in [-0.4, -0.2) is 70.5 Å². The molecular weight excluding hydrogens is 374 g/mol. The maximum absolute atomic E-state index is 13.0. The molecule has 2 atom stereocenters. The zero-order valence-corrected chi connectivity index (χ0v) is 17.6. The molecular formula is C24H29N5O. The molecule has 0 N–H and O–H groups in total. The fraction of sp³-hybridized carbons (Fsp3) is 0.458. The van der Waals surface area contributed by atoms with E-state index in [4.69, 9.17) is 0 Å². The van der Waals surface area contributed by atoms with Gasteiger partial charge in [0.2, 0.25) is 5.91 Å². The lowest BCUT2D eigenvalue weighted by Gasteiger charge is -2.42. The molecule has 1 aromatic heterocycles. The van der Waals surface area contributed by atoms with Gasteiger partial charge in [0.15, 0.2) is 0 Å². The summed E-state index contributed by atoms with van der Waals surface area (Å²) < 4.78 is 0. The minimum atomic E-state index is 0.262. The summed E-state index contributed by atoms with van der Waals surface area (Å²) in [5.41, 5.74) is 4.01. The van der Waals surface area contributed by atoms with Gasteiger partial charge in [0, 0.05) is 50.7 Å². The molecule has 2 bridgehead atoms. The van der Waals surface area contributed by atoms with E-state index < -0.39 is 0 Å². The first-order valence-electron chi connectivity index (χ1n) is 11.0. The van der Waals surface area contributed by atoms with Crippen molar-refractivity contribution in [2.75, 3.05) is 37.6 Å². The van der Waals surface area contributed by atoms with Gasteiger partial charge >= 0.3 is 0 Å². The molecule has 3 aliphatic heterocycles. The highest BCUT2D eigenvalue weighted by Crippen LogP contribution is 2.33. The Morgan fingerprint density at radius 2 is 2.00 bits per heavy atom. The smallest absolute Gasteiger partial charge is 0.236 e. The highest BCUT2D eigenvalue weighted by Gasteiger charge is 2.42. The van der Waals surface area contributed by atoms with Gasteiger partial charge in [-0.25, -0.2) is 4.98 Å². The molecule has 2 saturated heterocycles. The van der Waals surface area contributed by atoms with Gasteiger partial charge in [0.1, 0.15) is 5.82 Å². The van der Waals surface area contributed by atoms with Crippen molar-refractivity contribution in [1.29, 1.82) is 0 Å². The normalized spacial score (nSPS) is 24.1. The third-order valence-electron chi connectivity index (χ3n) is 6.69. The van der Waals surface area contributed by atoms with Gasteiger partial charge < -0.3 is 9.80 Å². The quantitative estimate of drug-likeness (QED) is 0.786. The standard InChI is InChI=1S/C24H29N5O/c1-18-3-2-4-20(13-18)19-7-11-27(12-8-19)17-24(30)28-15-21-5-6-22(16-28)29(21)23-14-25-9-10-26-23/h2-4,7,9-10,13-14,21-22H,5-6,8,11-12,15-17H2,1H3. The van der Waals surface area contributed by atoms with Crippen LogP contribution < -0.4 is 4.90 Å². The number of amides is 1. The monoisotopic (exact) mass is 403 g/mol. The highest BCUT2D eigenvalue weighted by molar-refractivity contribution is 5.79. The summed E-state index contributed by atoms with van der Waals surface area (Å²) in [5, 5.41) is 0. The molecule has 6 heteroatoms. The maximum atomic E-state index is 13.0. The number of nitrogens with zero attached hydrogens (tertiary/aromatic N) is 5. The Balaban J connectivity index is 1.18. The SMILES string of the molecule is Cc1cccc(C2=CCN(CC(=O)N3CC4CCC(C3)N4c3cnccn3)CC2)c1. The van der Waals surface area contributed by atoms with Crippen LogP contribution >= 0.6 is 0 Å². The summed E-state index contributed by atoms with van der Waals surface area (Å²) in [4.78, 5) is 28.5. The average molecular weight is 404 g/mol. The largest absolute Gasteiger partial charge is 0.346 e. The van der Waals surface area contributed by atoms with E-state index in [0.29, 0.717) is 18.6 Å². The first kappa shape index (κ1) is 19.2. The van der Waals surface area contributed by atoms with Crippen molar-refractivity contribution >= 4 is 17.3 Å². The number of carbonyl (C=O) groups is 1. The van der Waals surface area contributed by atoms with E-state index >= 15 is 0 Å². The van der Waals surface area contributed by atoms with Gasteiger partial charge in [0.05, 0.1) is 12.7 Å². The number of hydrogen-bond donors (Lipinski definition) is 0. The lowest BCUT2D eigenvalue weighted by Crippen LogP contribution is -2.57. The molecule has 6 nitrogen and oxygen atoms in total. The zero-order valence-electron chi connectivity index (χ0n) is 17.6. The molecule has 0 spiro atoms. The van der Waals surface area contributed by atoms with Crippen LogP contribution in [0.3, 0.4) is 0 Å². The van der Waals surface area contributed by atoms with Crippen LogP contribution in [0.2, 0.25) is 0 Å². The number of rotatable bonds is 4. The van der Waals surface area contributed by atoms with Crippen molar-refractivity contribution in [3.8, 4) is 0 Å². The highest BCUT2D eigenvalue weighted by atomic mass is 16.2. The van der Waals surface area contributed by atoms with Crippen LogP contribution in [0.1, 0.15) is 30.4 Å².